The average Bonchev–Trinajstić information content (AvgIpc) is 3.00. The number of aliphatic hydroxyl groups is 1. The Balaban J connectivity index is 1.91. The standard InChI is InChI=1S/C17H15ClF3N3O/c18-16-14-15(24(8-22-14)10-2-4-11(25)5-3-10)12-6-1-9(17(19,20)21)7-13(12)23-16/h1,6-8,10-11,25H,2-5H2. The lowest BCUT2D eigenvalue weighted by Crippen LogP contribution is -2.20. The third-order valence-corrected chi connectivity index (χ3v) is 5.11. The molecule has 8 heteroatoms. The molecule has 1 saturated carbocycles. The van der Waals surface area contributed by atoms with Crippen LogP contribution in [0.25, 0.3) is 21.9 Å². The summed E-state index contributed by atoms with van der Waals surface area (Å²) in [5.41, 5.74) is 0.629. The first-order valence-electron chi connectivity index (χ1n) is 8.05. The maximum absolute atomic E-state index is 13.0. The molecule has 1 aliphatic rings. The van der Waals surface area contributed by atoms with Crippen LogP contribution in [0.3, 0.4) is 0 Å². The van der Waals surface area contributed by atoms with Crippen molar-refractivity contribution in [1.29, 1.82) is 0 Å². The predicted molar refractivity (Wildman–Crippen MR) is 88.6 cm³/mol. The molecule has 0 spiro atoms. The van der Waals surface area contributed by atoms with E-state index in [9.17, 15) is 18.3 Å². The van der Waals surface area contributed by atoms with Gasteiger partial charge in [-0.25, -0.2) is 9.97 Å². The fraction of sp³-hybridized carbons (Fsp3) is 0.412. The molecule has 0 saturated heterocycles. The highest BCUT2D eigenvalue weighted by Crippen LogP contribution is 2.37. The summed E-state index contributed by atoms with van der Waals surface area (Å²) in [4.78, 5) is 8.42. The lowest BCUT2D eigenvalue weighted by molar-refractivity contribution is -0.137. The number of hydrogen-bond acceptors (Lipinski definition) is 3. The van der Waals surface area contributed by atoms with Gasteiger partial charge >= 0.3 is 6.18 Å². The molecule has 2 heterocycles. The molecule has 2 aromatic heterocycles. The SMILES string of the molecule is OC1CCC(n2cnc3c(Cl)nc4cc(C(F)(F)F)ccc4c32)CC1. The van der Waals surface area contributed by atoms with Gasteiger partial charge in [-0.05, 0) is 37.8 Å². The summed E-state index contributed by atoms with van der Waals surface area (Å²) in [5, 5.41) is 10.4. The van der Waals surface area contributed by atoms with Crippen LogP contribution in [0, 0.1) is 0 Å². The minimum Gasteiger partial charge on any atom is -0.393 e. The summed E-state index contributed by atoms with van der Waals surface area (Å²) < 4.78 is 40.9. The Labute approximate surface area is 146 Å². The summed E-state index contributed by atoms with van der Waals surface area (Å²) in [6.07, 6.45) is -0.0982. The van der Waals surface area contributed by atoms with Crippen molar-refractivity contribution in [1.82, 2.24) is 14.5 Å². The highest BCUT2D eigenvalue weighted by molar-refractivity contribution is 6.35. The molecule has 4 nitrogen and oxygen atoms in total. The van der Waals surface area contributed by atoms with Gasteiger partial charge in [0, 0.05) is 11.4 Å². The zero-order chi connectivity index (χ0) is 17.8. The topological polar surface area (TPSA) is 50.9 Å². The van der Waals surface area contributed by atoms with Gasteiger partial charge in [0.1, 0.15) is 5.52 Å². The quantitative estimate of drug-likeness (QED) is 0.631. The van der Waals surface area contributed by atoms with E-state index < -0.39 is 11.7 Å². The number of benzene rings is 1. The summed E-state index contributed by atoms with van der Waals surface area (Å²) in [6, 6.07) is 3.64. The van der Waals surface area contributed by atoms with Crippen molar-refractivity contribution < 1.29 is 18.3 Å². The van der Waals surface area contributed by atoms with Gasteiger partial charge in [0.2, 0.25) is 0 Å². The third kappa shape index (κ3) is 2.85. The zero-order valence-electron chi connectivity index (χ0n) is 13.1. The third-order valence-electron chi connectivity index (χ3n) is 4.85. The van der Waals surface area contributed by atoms with Crippen molar-refractivity contribution in [2.24, 2.45) is 0 Å². The van der Waals surface area contributed by atoms with E-state index >= 15 is 0 Å². The normalized spacial score (nSPS) is 22.0. The fourth-order valence-electron chi connectivity index (χ4n) is 3.55. The average molecular weight is 370 g/mol. The van der Waals surface area contributed by atoms with Crippen LogP contribution in [0.4, 0.5) is 13.2 Å². The van der Waals surface area contributed by atoms with E-state index in [0.29, 0.717) is 29.3 Å². The van der Waals surface area contributed by atoms with E-state index in [1.807, 2.05) is 4.57 Å². The number of rotatable bonds is 1. The van der Waals surface area contributed by atoms with E-state index in [1.165, 1.54) is 6.07 Å². The molecule has 4 rings (SSSR count). The molecule has 1 aliphatic carbocycles. The van der Waals surface area contributed by atoms with E-state index in [0.717, 1.165) is 25.0 Å². The zero-order valence-corrected chi connectivity index (χ0v) is 13.8. The Morgan fingerprint density at radius 3 is 2.56 bits per heavy atom. The minimum atomic E-state index is -4.43. The van der Waals surface area contributed by atoms with Gasteiger partial charge < -0.3 is 9.67 Å². The predicted octanol–water partition coefficient (Wildman–Crippen LogP) is 4.73. The molecule has 0 unspecified atom stereocenters. The lowest BCUT2D eigenvalue weighted by Gasteiger charge is -2.27. The number of hydrogen-bond donors (Lipinski definition) is 1. The second-order valence-electron chi connectivity index (χ2n) is 6.44. The summed E-state index contributed by atoms with van der Waals surface area (Å²) in [7, 11) is 0. The van der Waals surface area contributed by atoms with Crippen LogP contribution in [0.5, 0.6) is 0 Å². The highest BCUT2D eigenvalue weighted by Gasteiger charge is 2.31. The van der Waals surface area contributed by atoms with Gasteiger partial charge in [0.15, 0.2) is 5.15 Å². The number of fused-ring (bicyclic) bond motifs is 3. The smallest absolute Gasteiger partial charge is 0.393 e. The van der Waals surface area contributed by atoms with Crippen LogP contribution in [0.2, 0.25) is 5.15 Å². The number of aliphatic hydroxyl groups excluding tert-OH is 1. The molecule has 3 aromatic rings. The molecular weight excluding hydrogens is 355 g/mol. The van der Waals surface area contributed by atoms with Crippen LogP contribution in [-0.2, 0) is 6.18 Å². The van der Waals surface area contributed by atoms with Gasteiger partial charge in [-0.1, -0.05) is 17.7 Å². The van der Waals surface area contributed by atoms with Crippen molar-refractivity contribution in [3.63, 3.8) is 0 Å². The monoisotopic (exact) mass is 369 g/mol. The Bertz CT molecular complexity index is 946. The first-order valence-corrected chi connectivity index (χ1v) is 8.43. The van der Waals surface area contributed by atoms with Gasteiger partial charge in [0.25, 0.3) is 0 Å². The van der Waals surface area contributed by atoms with Crippen molar-refractivity contribution in [3.8, 4) is 0 Å². The van der Waals surface area contributed by atoms with E-state index in [2.05, 4.69) is 9.97 Å². The molecule has 0 aliphatic heterocycles. The van der Waals surface area contributed by atoms with Crippen LogP contribution in [0.15, 0.2) is 24.5 Å². The molecule has 0 bridgehead atoms. The van der Waals surface area contributed by atoms with Crippen LogP contribution >= 0.6 is 11.6 Å². The Morgan fingerprint density at radius 2 is 1.88 bits per heavy atom. The van der Waals surface area contributed by atoms with Crippen LogP contribution in [-0.4, -0.2) is 25.7 Å². The van der Waals surface area contributed by atoms with E-state index in [-0.39, 0.29) is 22.8 Å². The molecule has 25 heavy (non-hydrogen) atoms. The van der Waals surface area contributed by atoms with Crippen molar-refractivity contribution >= 4 is 33.5 Å². The Morgan fingerprint density at radius 1 is 1.16 bits per heavy atom. The van der Waals surface area contributed by atoms with Crippen molar-refractivity contribution in [3.05, 3.63) is 35.2 Å². The Hall–Kier alpha value is -1.86. The maximum atomic E-state index is 13.0. The van der Waals surface area contributed by atoms with Gasteiger partial charge in [0.05, 0.1) is 29.0 Å². The number of imidazole rings is 1. The second kappa shape index (κ2) is 5.85. The molecule has 1 fully saturated rings. The largest absolute Gasteiger partial charge is 0.416 e. The number of halogens is 4. The number of nitrogens with zero attached hydrogens (tertiary/aromatic N) is 3. The van der Waals surface area contributed by atoms with Gasteiger partial charge in [-0.2, -0.15) is 13.2 Å². The van der Waals surface area contributed by atoms with Crippen LogP contribution in [0.1, 0.15) is 37.3 Å². The molecule has 1 aromatic carbocycles. The summed E-state index contributed by atoms with van der Waals surface area (Å²) in [6.45, 7) is 0. The van der Waals surface area contributed by atoms with Gasteiger partial charge in [-0.15, -0.1) is 0 Å². The minimum absolute atomic E-state index is 0.0939. The molecule has 0 radical (unpaired) electrons. The van der Waals surface area contributed by atoms with Crippen LogP contribution < -0.4 is 0 Å². The summed E-state index contributed by atoms with van der Waals surface area (Å²) >= 11 is 6.17. The molecule has 0 amide bonds. The van der Waals surface area contributed by atoms with E-state index in [4.69, 9.17) is 11.6 Å². The Kier molecular flexibility index (Phi) is 3.88. The molecule has 0 atom stereocenters. The number of alkyl halides is 3. The first-order chi connectivity index (χ1) is 11.8. The number of pyridine rings is 1. The lowest BCUT2D eigenvalue weighted by atomic mass is 9.93. The number of aromatic nitrogens is 3. The highest BCUT2D eigenvalue weighted by atomic mass is 35.5. The van der Waals surface area contributed by atoms with Gasteiger partial charge in [-0.3, -0.25) is 0 Å². The molecule has 132 valence electrons. The second-order valence-corrected chi connectivity index (χ2v) is 6.80. The first kappa shape index (κ1) is 16.6. The van der Waals surface area contributed by atoms with Crippen molar-refractivity contribution in [2.75, 3.05) is 0 Å². The summed E-state index contributed by atoms with van der Waals surface area (Å²) in [5.74, 6) is 0. The maximum Gasteiger partial charge on any atom is 0.416 e. The fourth-order valence-corrected chi connectivity index (χ4v) is 3.78. The molecular formula is C17H15ClF3N3O. The van der Waals surface area contributed by atoms with E-state index in [1.54, 1.807) is 6.33 Å². The molecule has 1 N–H and O–H groups in total. The van der Waals surface area contributed by atoms with Crippen molar-refractivity contribution in [2.45, 2.75) is 44.0 Å².